The van der Waals surface area contributed by atoms with Gasteiger partial charge in [-0.25, -0.2) is 8.42 Å². The van der Waals surface area contributed by atoms with E-state index >= 15 is 0 Å². The summed E-state index contributed by atoms with van der Waals surface area (Å²) < 4.78 is 27.6. The van der Waals surface area contributed by atoms with Gasteiger partial charge in [0.2, 0.25) is 10.0 Å². The monoisotopic (exact) mass is 380 g/mol. The largest absolute Gasteiger partial charge is 0.330 e. The Kier molecular flexibility index (Phi) is 5.48. The Balaban J connectivity index is 2.30. The van der Waals surface area contributed by atoms with Crippen LogP contribution >= 0.6 is 27.5 Å². The lowest BCUT2D eigenvalue weighted by Gasteiger charge is -2.32. The first-order valence-electron chi connectivity index (χ1n) is 6.61. The van der Waals surface area contributed by atoms with Gasteiger partial charge in [-0.2, -0.15) is 4.31 Å². The Bertz CT molecular complexity index is 557. The van der Waals surface area contributed by atoms with Gasteiger partial charge in [-0.05, 0) is 59.8 Å². The second kappa shape index (κ2) is 6.75. The van der Waals surface area contributed by atoms with Crippen molar-refractivity contribution in [3.63, 3.8) is 0 Å². The fourth-order valence-corrected chi connectivity index (χ4v) is 5.80. The van der Waals surface area contributed by atoms with Gasteiger partial charge in [-0.15, -0.1) is 0 Å². The molecule has 0 aromatic heterocycles. The Morgan fingerprint density at radius 1 is 1.45 bits per heavy atom. The Morgan fingerprint density at radius 3 is 2.85 bits per heavy atom. The average molecular weight is 382 g/mol. The molecule has 1 unspecified atom stereocenters. The van der Waals surface area contributed by atoms with Gasteiger partial charge >= 0.3 is 0 Å². The van der Waals surface area contributed by atoms with Crippen LogP contribution in [0.1, 0.15) is 19.3 Å². The molecule has 1 atom stereocenters. The summed E-state index contributed by atoms with van der Waals surface area (Å²) in [6.07, 6.45) is 2.76. The minimum Gasteiger partial charge on any atom is -0.330 e. The van der Waals surface area contributed by atoms with E-state index in [2.05, 4.69) is 15.9 Å². The van der Waals surface area contributed by atoms with Gasteiger partial charge in [-0.3, -0.25) is 0 Å². The smallest absolute Gasteiger partial charge is 0.245 e. The zero-order valence-electron chi connectivity index (χ0n) is 11.1. The summed E-state index contributed by atoms with van der Waals surface area (Å²) in [7, 11) is -3.56. The Hall–Kier alpha value is -0.140. The maximum absolute atomic E-state index is 12.8. The lowest BCUT2D eigenvalue weighted by Crippen LogP contribution is -2.40. The van der Waals surface area contributed by atoms with Crippen LogP contribution in [0.5, 0.6) is 0 Å². The van der Waals surface area contributed by atoms with Crippen LogP contribution in [0, 0.1) is 5.92 Å². The van der Waals surface area contributed by atoms with E-state index in [0.717, 1.165) is 19.3 Å². The van der Waals surface area contributed by atoms with Gasteiger partial charge in [0.05, 0.1) is 5.02 Å². The third kappa shape index (κ3) is 3.36. The van der Waals surface area contributed by atoms with E-state index in [1.54, 1.807) is 18.2 Å². The van der Waals surface area contributed by atoms with E-state index in [0.29, 0.717) is 30.0 Å². The van der Waals surface area contributed by atoms with Crippen molar-refractivity contribution in [3.8, 4) is 0 Å². The van der Waals surface area contributed by atoms with Gasteiger partial charge in [-0.1, -0.05) is 17.7 Å². The van der Waals surface area contributed by atoms with Crippen molar-refractivity contribution in [1.29, 1.82) is 0 Å². The maximum atomic E-state index is 12.8. The molecular formula is C13H18BrClN2O2S. The normalized spacial score (nSPS) is 21.1. The van der Waals surface area contributed by atoms with Crippen LogP contribution in [0.3, 0.4) is 0 Å². The van der Waals surface area contributed by atoms with Crippen molar-refractivity contribution in [3.05, 3.63) is 27.7 Å². The fraction of sp³-hybridized carbons (Fsp3) is 0.538. The van der Waals surface area contributed by atoms with E-state index in [4.69, 9.17) is 17.3 Å². The Morgan fingerprint density at radius 2 is 2.20 bits per heavy atom. The minimum absolute atomic E-state index is 0.162. The van der Waals surface area contributed by atoms with Crippen LogP contribution in [0.15, 0.2) is 27.6 Å². The number of hydrogen-bond acceptors (Lipinski definition) is 3. The van der Waals surface area contributed by atoms with E-state index in [1.165, 1.54) is 4.31 Å². The molecule has 0 saturated carbocycles. The summed E-state index contributed by atoms with van der Waals surface area (Å²) in [6, 6.07) is 5.01. The van der Waals surface area contributed by atoms with Gasteiger partial charge < -0.3 is 5.73 Å². The van der Waals surface area contributed by atoms with Gasteiger partial charge in [0.1, 0.15) is 4.90 Å². The number of sulfonamides is 1. The first-order chi connectivity index (χ1) is 9.46. The molecule has 2 rings (SSSR count). The molecular weight excluding hydrogens is 364 g/mol. The van der Waals surface area contributed by atoms with Crippen LogP contribution in [0.4, 0.5) is 0 Å². The van der Waals surface area contributed by atoms with Crippen LogP contribution in [0.25, 0.3) is 0 Å². The van der Waals surface area contributed by atoms with Crippen molar-refractivity contribution in [1.82, 2.24) is 4.31 Å². The molecule has 1 saturated heterocycles. The van der Waals surface area contributed by atoms with E-state index < -0.39 is 10.0 Å². The second-order valence-electron chi connectivity index (χ2n) is 5.00. The highest BCUT2D eigenvalue weighted by atomic mass is 79.9. The lowest BCUT2D eigenvalue weighted by atomic mass is 9.96. The van der Waals surface area contributed by atoms with Crippen molar-refractivity contribution < 1.29 is 8.42 Å². The maximum Gasteiger partial charge on any atom is 0.245 e. The van der Waals surface area contributed by atoms with E-state index in [9.17, 15) is 8.42 Å². The molecule has 0 spiro atoms. The number of hydrogen-bond donors (Lipinski definition) is 1. The molecule has 7 heteroatoms. The zero-order chi connectivity index (χ0) is 14.8. The highest BCUT2D eigenvalue weighted by Crippen LogP contribution is 2.33. The quantitative estimate of drug-likeness (QED) is 0.872. The van der Waals surface area contributed by atoms with Crippen molar-refractivity contribution >= 4 is 37.6 Å². The van der Waals surface area contributed by atoms with Crippen molar-refractivity contribution in [2.24, 2.45) is 11.7 Å². The molecule has 0 radical (unpaired) electrons. The molecule has 1 aliphatic heterocycles. The first-order valence-corrected chi connectivity index (χ1v) is 9.22. The van der Waals surface area contributed by atoms with Crippen LogP contribution in [-0.2, 0) is 10.0 Å². The molecule has 0 aliphatic carbocycles. The van der Waals surface area contributed by atoms with Gasteiger partial charge in [0.15, 0.2) is 0 Å². The predicted molar refractivity (Wildman–Crippen MR) is 84.3 cm³/mol. The minimum atomic E-state index is -3.56. The van der Waals surface area contributed by atoms with E-state index in [1.807, 2.05) is 0 Å². The molecule has 1 aromatic rings. The Labute approximate surface area is 133 Å². The molecule has 20 heavy (non-hydrogen) atoms. The number of nitrogens with two attached hydrogens (primary N) is 1. The third-order valence-corrected chi connectivity index (χ3v) is 6.89. The summed E-state index contributed by atoms with van der Waals surface area (Å²) in [5.41, 5.74) is 5.58. The summed E-state index contributed by atoms with van der Waals surface area (Å²) in [6.45, 7) is 1.66. The van der Waals surface area contributed by atoms with Crippen molar-refractivity contribution in [2.45, 2.75) is 24.2 Å². The van der Waals surface area contributed by atoms with Crippen molar-refractivity contribution in [2.75, 3.05) is 19.6 Å². The lowest BCUT2D eigenvalue weighted by molar-refractivity contribution is 0.258. The molecule has 1 aliphatic rings. The third-order valence-electron chi connectivity index (χ3n) is 3.57. The molecule has 1 aromatic carbocycles. The topological polar surface area (TPSA) is 63.4 Å². The number of halogens is 2. The standard InChI is InChI=1S/C13H18BrClN2O2S/c14-11-4-1-5-12(15)13(11)20(18,19)17-8-2-3-10(9-17)6-7-16/h1,4-5,10H,2-3,6-9,16H2. The molecule has 4 nitrogen and oxygen atoms in total. The summed E-state index contributed by atoms with van der Waals surface area (Å²) in [4.78, 5) is 0.162. The molecule has 0 amide bonds. The zero-order valence-corrected chi connectivity index (χ0v) is 14.2. The van der Waals surface area contributed by atoms with Crippen LogP contribution in [0.2, 0.25) is 5.02 Å². The predicted octanol–water partition coefficient (Wildman–Crippen LogP) is 2.85. The number of nitrogens with zero attached hydrogens (tertiary/aromatic N) is 1. The fourth-order valence-electron chi connectivity index (χ4n) is 2.57. The summed E-state index contributed by atoms with van der Waals surface area (Å²) in [5.74, 6) is 0.338. The van der Waals surface area contributed by atoms with Gasteiger partial charge in [0.25, 0.3) is 0 Å². The molecule has 2 N–H and O–H groups in total. The molecule has 1 fully saturated rings. The number of benzene rings is 1. The van der Waals surface area contributed by atoms with Crippen LogP contribution < -0.4 is 5.73 Å². The average Bonchev–Trinajstić information content (AvgIpc) is 2.39. The second-order valence-corrected chi connectivity index (χ2v) is 8.14. The highest BCUT2D eigenvalue weighted by molar-refractivity contribution is 9.10. The highest BCUT2D eigenvalue weighted by Gasteiger charge is 2.32. The summed E-state index contributed by atoms with van der Waals surface area (Å²) >= 11 is 9.36. The number of rotatable bonds is 4. The van der Waals surface area contributed by atoms with Crippen LogP contribution in [-0.4, -0.2) is 32.4 Å². The SMILES string of the molecule is NCCC1CCCN(S(=O)(=O)c2c(Cl)cccc2Br)C1. The summed E-state index contributed by atoms with van der Waals surface area (Å²) in [5, 5.41) is 0.250. The number of piperidine rings is 1. The van der Waals surface area contributed by atoms with E-state index in [-0.39, 0.29) is 9.92 Å². The first kappa shape index (κ1) is 16.2. The molecule has 1 heterocycles. The molecule has 112 valence electrons. The van der Waals surface area contributed by atoms with Gasteiger partial charge in [0, 0.05) is 17.6 Å². The molecule has 0 bridgehead atoms.